The van der Waals surface area contributed by atoms with Gasteiger partial charge in [-0.25, -0.2) is 0 Å². The molecule has 0 aliphatic rings. The number of ether oxygens (including phenoxy) is 1. The minimum absolute atomic E-state index is 0.501. The predicted octanol–water partition coefficient (Wildman–Crippen LogP) is 6.15. The zero-order chi connectivity index (χ0) is 17.6. The molecule has 128 valence electrons. The molecule has 0 spiro atoms. The Morgan fingerprint density at radius 3 is 2.56 bits per heavy atom. The number of hydrogen-bond donors (Lipinski definition) is 1. The second-order valence-corrected chi connectivity index (χ2v) is 6.63. The molecule has 0 unspecified atom stereocenters. The van der Waals surface area contributed by atoms with Gasteiger partial charge < -0.3 is 10.1 Å². The Kier molecular flexibility index (Phi) is 5.62. The number of halogens is 1. The third kappa shape index (κ3) is 4.77. The van der Waals surface area contributed by atoms with Gasteiger partial charge in [0, 0.05) is 22.8 Å². The minimum Gasteiger partial charge on any atom is -0.489 e. The molecule has 1 N–H and O–H groups in total. The Morgan fingerprint density at radius 2 is 1.76 bits per heavy atom. The zero-order valence-electron chi connectivity index (χ0n) is 14.6. The molecule has 3 aromatic rings. The van der Waals surface area contributed by atoms with E-state index in [1.807, 2.05) is 42.5 Å². The van der Waals surface area contributed by atoms with Crippen molar-refractivity contribution in [2.75, 3.05) is 5.32 Å². The maximum atomic E-state index is 6.04. The standard InChI is InChI=1S/C22H22ClNO/c1-16-10-11-21(17(2)12-16)24-14-19-7-3-4-9-22(19)25-15-18-6-5-8-20(23)13-18/h3-13,24H,14-15H2,1-2H3. The van der Waals surface area contributed by atoms with Gasteiger partial charge in [0.15, 0.2) is 0 Å². The summed E-state index contributed by atoms with van der Waals surface area (Å²) in [7, 11) is 0. The van der Waals surface area contributed by atoms with Crippen LogP contribution in [-0.2, 0) is 13.2 Å². The first-order valence-corrected chi connectivity index (χ1v) is 8.76. The molecule has 3 heteroatoms. The number of hydrogen-bond acceptors (Lipinski definition) is 2. The Balaban J connectivity index is 1.68. The molecule has 2 nitrogen and oxygen atoms in total. The van der Waals surface area contributed by atoms with Crippen molar-refractivity contribution < 1.29 is 4.74 Å². The van der Waals surface area contributed by atoms with Crippen molar-refractivity contribution in [2.24, 2.45) is 0 Å². The topological polar surface area (TPSA) is 21.3 Å². The molecular formula is C22H22ClNO. The molecule has 0 aromatic heterocycles. The first-order chi connectivity index (χ1) is 12.1. The third-order valence-corrected chi connectivity index (χ3v) is 4.34. The summed E-state index contributed by atoms with van der Waals surface area (Å²) in [5.41, 5.74) is 5.86. The summed E-state index contributed by atoms with van der Waals surface area (Å²) in [5, 5.41) is 4.23. The lowest BCUT2D eigenvalue weighted by Crippen LogP contribution is -2.04. The molecule has 0 saturated heterocycles. The van der Waals surface area contributed by atoms with Gasteiger partial charge in [-0.05, 0) is 49.2 Å². The van der Waals surface area contributed by atoms with Gasteiger partial charge in [0.1, 0.15) is 12.4 Å². The second kappa shape index (κ2) is 8.09. The molecule has 0 aliphatic heterocycles. The van der Waals surface area contributed by atoms with Gasteiger partial charge in [-0.3, -0.25) is 0 Å². The van der Waals surface area contributed by atoms with Crippen LogP contribution in [0.1, 0.15) is 22.3 Å². The maximum Gasteiger partial charge on any atom is 0.124 e. The van der Waals surface area contributed by atoms with Crippen LogP contribution in [0.4, 0.5) is 5.69 Å². The number of para-hydroxylation sites is 1. The van der Waals surface area contributed by atoms with Crippen molar-refractivity contribution in [1.82, 2.24) is 0 Å². The van der Waals surface area contributed by atoms with Gasteiger partial charge >= 0.3 is 0 Å². The largest absolute Gasteiger partial charge is 0.489 e. The highest BCUT2D eigenvalue weighted by atomic mass is 35.5. The van der Waals surface area contributed by atoms with Crippen molar-refractivity contribution in [2.45, 2.75) is 27.0 Å². The molecule has 0 amide bonds. The SMILES string of the molecule is Cc1ccc(NCc2ccccc2OCc2cccc(Cl)c2)c(C)c1. The first-order valence-electron chi connectivity index (χ1n) is 8.38. The minimum atomic E-state index is 0.501. The van der Waals surface area contributed by atoms with E-state index in [-0.39, 0.29) is 0 Å². The van der Waals surface area contributed by atoms with E-state index in [0.29, 0.717) is 6.61 Å². The summed E-state index contributed by atoms with van der Waals surface area (Å²) in [6.45, 7) is 5.45. The van der Waals surface area contributed by atoms with Gasteiger partial charge in [0.05, 0.1) is 0 Å². The summed E-state index contributed by atoms with van der Waals surface area (Å²) in [6.07, 6.45) is 0. The van der Waals surface area contributed by atoms with E-state index in [1.165, 1.54) is 11.1 Å². The van der Waals surface area contributed by atoms with E-state index < -0.39 is 0 Å². The normalized spacial score (nSPS) is 10.5. The molecule has 3 aromatic carbocycles. The van der Waals surface area contributed by atoms with Crippen LogP contribution in [0.5, 0.6) is 5.75 Å². The smallest absolute Gasteiger partial charge is 0.124 e. The third-order valence-electron chi connectivity index (χ3n) is 4.11. The fourth-order valence-electron chi connectivity index (χ4n) is 2.78. The molecule has 0 aliphatic carbocycles. The van der Waals surface area contributed by atoms with Crippen LogP contribution >= 0.6 is 11.6 Å². The Hall–Kier alpha value is -2.45. The Bertz CT molecular complexity index is 860. The maximum absolute atomic E-state index is 6.04. The average Bonchev–Trinajstić information content (AvgIpc) is 2.60. The van der Waals surface area contributed by atoms with E-state index in [4.69, 9.17) is 16.3 Å². The second-order valence-electron chi connectivity index (χ2n) is 6.20. The summed E-state index contributed by atoms with van der Waals surface area (Å²) in [4.78, 5) is 0. The van der Waals surface area contributed by atoms with Crippen molar-refractivity contribution in [1.29, 1.82) is 0 Å². The number of benzene rings is 3. The van der Waals surface area contributed by atoms with Gasteiger partial charge in [-0.1, -0.05) is 59.6 Å². The van der Waals surface area contributed by atoms with Gasteiger partial charge in [0.25, 0.3) is 0 Å². The van der Waals surface area contributed by atoms with Gasteiger partial charge in [-0.2, -0.15) is 0 Å². The Labute approximate surface area is 154 Å². The lowest BCUT2D eigenvalue weighted by Gasteiger charge is -2.14. The van der Waals surface area contributed by atoms with Crippen LogP contribution < -0.4 is 10.1 Å². The number of rotatable bonds is 6. The van der Waals surface area contributed by atoms with Crippen LogP contribution in [0, 0.1) is 13.8 Å². The zero-order valence-corrected chi connectivity index (χ0v) is 15.3. The lowest BCUT2D eigenvalue weighted by atomic mass is 10.1. The van der Waals surface area contributed by atoms with E-state index in [2.05, 4.69) is 43.4 Å². The van der Waals surface area contributed by atoms with Crippen LogP contribution in [0.25, 0.3) is 0 Å². The molecule has 0 fully saturated rings. The van der Waals surface area contributed by atoms with Crippen molar-refractivity contribution in [3.05, 3.63) is 94.0 Å². The number of anilines is 1. The molecule has 0 atom stereocenters. The van der Waals surface area contributed by atoms with E-state index in [1.54, 1.807) is 0 Å². The quantitative estimate of drug-likeness (QED) is 0.575. The monoisotopic (exact) mass is 351 g/mol. The number of nitrogens with one attached hydrogen (secondary N) is 1. The fourth-order valence-corrected chi connectivity index (χ4v) is 2.99. The highest BCUT2D eigenvalue weighted by molar-refractivity contribution is 6.30. The molecule has 0 heterocycles. The summed E-state index contributed by atoms with van der Waals surface area (Å²) < 4.78 is 6.02. The average molecular weight is 352 g/mol. The summed E-state index contributed by atoms with van der Waals surface area (Å²) in [6, 6.07) is 22.3. The van der Waals surface area contributed by atoms with Gasteiger partial charge in [0.2, 0.25) is 0 Å². The van der Waals surface area contributed by atoms with Gasteiger partial charge in [-0.15, -0.1) is 0 Å². The fraction of sp³-hybridized carbons (Fsp3) is 0.182. The van der Waals surface area contributed by atoms with E-state index in [0.717, 1.165) is 34.1 Å². The molecule has 0 saturated carbocycles. The molecule has 0 bridgehead atoms. The highest BCUT2D eigenvalue weighted by Crippen LogP contribution is 2.23. The Morgan fingerprint density at radius 1 is 0.920 bits per heavy atom. The van der Waals surface area contributed by atoms with E-state index in [9.17, 15) is 0 Å². The first kappa shape index (κ1) is 17.4. The lowest BCUT2D eigenvalue weighted by molar-refractivity contribution is 0.303. The van der Waals surface area contributed by atoms with Crippen molar-refractivity contribution in [3.63, 3.8) is 0 Å². The van der Waals surface area contributed by atoms with Crippen molar-refractivity contribution >= 4 is 17.3 Å². The van der Waals surface area contributed by atoms with Crippen LogP contribution in [0.2, 0.25) is 5.02 Å². The molecule has 3 rings (SSSR count). The predicted molar refractivity (Wildman–Crippen MR) is 105 cm³/mol. The van der Waals surface area contributed by atoms with Crippen molar-refractivity contribution in [3.8, 4) is 5.75 Å². The summed E-state index contributed by atoms with van der Waals surface area (Å²) >= 11 is 6.04. The highest BCUT2D eigenvalue weighted by Gasteiger charge is 2.05. The van der Waals surface area contributed by atoms with E-state index >= 15 is 0 Å². The number of aryl methyl sites for hydroxylation is 2. The van der Waals surface area contributed by atoms with Crippen LogP contribution in [-0.4, -0.2) is 0 Å². The molecule has 0 radical (unpaired) electrons. The van der Waals surface area contributed by atoms with Crippen LogP contribution in [0.15, 0.2) is 66.7 Å². The van der Waals surface area contributed by atoms with Crippen LogP contribution in [0.3, 0.4) is 0 Å². The molecular weight excluding hydrogens is 330 g/mol. The molecule has 25 heavy (non-hydrogen) atoms. The summed E-state index contributed by atoms with van der Waals surface area (Å²) in [5.74, 6) is 0.889.